The second kappa shape index (κ2) is 20.6. The first-order valence-electron chi connectivity index (χ1n) is 18.2. The van der Waals surface area contributed by atoms with Gasteiger partial charge in [-0.15, -0.1) is 0 Å². The lowest BCUT2D eigenvalue weighted by Gasteiger charge is -2.24. The molecular weight excluding hydrogens is 718 g/mol. The average Bonchev–Trinajstić information content (AvgIpc) is 3.51. The summed E-state index contributed by atoms with van der Waals surface area (Å²) in [5.74, 6) is -2.29. The maximum absolute atomic E-state index is 13.7. The van der Waals surface area contributed by atoms with Gasteiger partial charge in [-0.05, 0) is 79.6 Å². The van der Waals surface area contributed by atoms with Crippen molar-refractivity contribution < 1.29 is 39.2 Å². The molecule has 2 amide bonds. The van der Waals surface area contributed by atoms with E-state index in [1.165, 1.54) is 17.0 Å². The molecule has 2 heterocycles. The summed E-state index contributed by atoms with van der Waals surface area (Å²) in [7, 11) is 1.89. The van der Waals surface area contributed by atoms with Gasteiger partial charge in [0.05, 0.1) is 30.1 Å². The summed E-state index contributed by atoms with van der Waals surface area (Å²) in [5, 5.41) is 40.9. The Morgan fingerprint density at radius 3 is 2.25 bits per heavy atom. The van der Waals surface area contributed by atoms with Crippen LogP contribution in [-0.2, 0) is 23.1 Å². The van der Waals surface area contributed by atoms with Gasteiger partial charge in [-0.3, -0.25) is 25.2 Å². The molecule has 0 saturated carbocycles. The number of carbonyl (C=O) groups excluding carboxylic acids is 2. The number of hydrogen-bond donors (Lipinski definition) is 6. The zero-order valence-corrected chi connectivity index (χ0v) is 31.6. The van der Waals surface area contributed by atoms with Gasteiger partial charge in [-0.25, -0.2) is 19.6 Å². The van der Waals surface area contributed by atoms with Crippen LogP contribution < -0.4 is 15.5 Å². The number of aromatic nitrogens is 3. The van der Waals surface area contributed by atoms with Crippen LogP contribution in [0.3, 0.4) is 0 Å². The maximum Gasteiger partial charge on any atom is 0.412 e. The van der Waals surface area contributed by atoms with Crippen LogP contribution in [0.2, 0.25) is 0 Å². The first-order chi connectivity index (χ1) is 26.9. The van der Waals surface area contributed by atoms with Crippen molar-refractivity contribution in [2.45, 2.75) is 52.5 Å². The van der Waals surface area contributed by atoms with Crippen LogP contribution in [0.1, 0.15) is 78.1 Å². The molecule has 15 heteroatoms. The Kier molecular flexibility index (Phi) is 15.5. The van der Waals surface area contributed by atoms with Crippen molar-refractivity contribution in [2.75, 3.05) is 23.4 Å². The predicted octanol–water partition coefficient (Wildman–Crippen LogP) is 7.06. The molecular formula is C41H47N7O8. The van der Waals surface area contributed by atoms with Gasteiger partial charge in [-0.2, -0.15) is 0 Å². The van der Waals surface area contributed by atoms with Gasteiger partial charge in [-0.1, -0.05) is 51.3 Å². The maximum atomic E-state index is 13.7. The molecule has 3 aromatic carbocycles. The number of hydrogen-bond acceptors (Lipinski definition) is 10. The number of ether oxygens (including phenoxy) is 1. The van der Waals surface area contributed by atoms with Crippen molar-refractivity contribution in [1.29, 1.82) is 5.41 Å². The van der Waals surface area contributed by atoms with E-state index < -0.39 is 23.9 Å². The molecule has 56 heavy (non-hydrogen) atoms. The first-order valence-corrected chi connectivity index (χ1v) is 18.2. The minimum Gasteiger partial charge on any atom is -0.507 e. The van der Waals surface area contributed by atoms with Crippen molar-refractivity contribution in [3.8, 4) is 5.75 Å². The normalized spacial score (nSPS) is 11.1. The number of aliphatic carboxylic acids is 1. The number of phenols is 1. The third kappa shape index (κ3) is 11.6. The number of aromatic hydroxyl groups is 1. The highest BCUT2D eigenvalue weighted by atomic mass is 16.5. The molecule has 0 spiro atoms. The molecule has 1 unspecified atom stereocenters. The number of fused-ring (bicyclic) bond motifs is 1. The van der Waals surface area contributed by atoms with Crippen LogP contribution in [0.15, 0.2) is 91.1 Å². The number of imidazole rings is 1. The zero-order valence-electron chi connectivity index (χ0n) is 31.6. The highest BCUT2D eigenvalue weighted by molar-refractivity contribution is 6.07. The van der Waals surface area contributed by atoms with E-state index in [2.05, 4.69) is 22.5 Å². The van der Waals surface area contributed by atoms with E-state index in [0.29, 0.717) is 42.0 Å². The fourth-order valence-corrected chi connectivity index (χ4v) is 5.59. The number of carboxylic acid groups (broad SMARTS) is 2. The summed E-state index contributed by atoms with van der Waals surface area (Å²) in [6.07, 6.45) is 5.32. The minimum atomic E-state index is -1.11. The Morgan fingerprint density at radius 1 is 0.911 bits per heavy atom. The standard InChI is InChI=1S/C34H41N7O5.C7H6O3/c1-4-6-7-10-19-46-34(45)39-31(35)24-12-15-26(16-13-24)37-21-30-38-27-20-25(14-17-28(27)40(30)3)32(42)41(22-23(5-2)33(43)44)29-11-8-9-18-36-29;8-6-4-2-1-3-5(6)7(9)10/h8-9,11-18,20,23,37H,4-7,10,19,21-22H2,1-3H3,(H,43,44)(H2,35,39,45);1-4,8H,(H,9,10). The van der Waals surface area contributed by atoms with Crippen LogP contribution in [0.25, 0.3) is 11.0 Å². The Labute approximate surface area is 324 Å². The molecule has 294 valence electrons. The molecule has 0 aliphatic carbocycles. The Balaban J connectivity index is 0.000000604. The largest absolute Gasteiger partial charge is 0.507 e. The summed E-state index contributed by atoms with van der Waals surface area (Å²) in [6, 6.07) is 23.3. The van der Waals surface area contributed by atoms with Crippen LogP contribution in [0, 0.1) is 11.3 Å². The molecule has 0 saturated heterocycles. The van der Waals surface area contributed by atoms with Gasteiger partial charge in [0.2, 0.25) is 0 Å². The number of carboxylic acids is 2. The lowest BCUT2D eigenvalue weighted by Crippen LogP contribution is -2.38. The van der Waals surface area contributed by atoms with Gasteiger partial charge in [0.25, 0.3) is 5.91 Å². The van der Waals surface area contributed by atoms with Crippen molar-refractivity contribution in [3.05, 3.63) is 114 Å². The van der Waals surface area contributed by atoms with E-state index in [-0.39, 0.29) is 29.6 Å². The molecule has 0 aliphatic rings. The molecule has 5 aromatic rings. The van der Waals surface area contributed by atoms with Gasteiger partial charge < -0.3 is 29.9 Å². The second-order valence-corrected chi connectivity index (χ2v) is 12.8. The summed E-state index contributed by atoms with van der Waals surface area (Å²) in [5.41, 5.74) is 3.12. The molecule has 0 radical (unpaired) electrons. The molecule has 2 aromatic heterocycles. The molecule has 0 fully saturated rings. The molecule has 0 aliphatic heterocycles. The third-order valence-corrected chi connectivity index (χ3v) is 8.85. The number of alkyl carbamates (subject to hydrolysis) is 1. The highest BCUT2D eigenvalue weighted by Gasteiger charge is 2.26. The van der Waals surface area contributed by atoms with Gasteiger partial charge in [0, 0.05) is 36.6 Å². The van der Waals surface area contributed by atoms with Crippen molar-refractivity contribution >= 4 is 52.3 Å². The second-order valence-electron chi connectivity index (χ2n) is 12.8. The summed E-state index contributed by atoms with van der Waals surface area (Å²) in [4.78, 5) is 58.2. The molecule has 0 bridgehead atoms. The third-order valence-electron chi connectivity index (χ3n) is 8.85. The van der Waals surface area contributed by atoms with E-state index in [4.69, 9.17) is 25.3 Å². The fourth-order valence-electron chi connectivity index (χ4n) is 5.59. The number of amidine groups is 1. The zero-order chi connectivity index (χ0) is 40.6. The fraction of sp³-hybridized carbons (Fsp3) is 0.293. The van der Waals surface area contributed by atoms with Gasteiger partial charge in [0.15, 0.2) is 0 Å². The Hall–Kier alpha value is -6.77. The lowest BCUT2D eigenvalue weighted by atomic mass is 10.1. The predicted molar refractivity (Wildman–Crippen MR) is 212 cm³/mol. The number of benzene rings is 3. The van der Waals surface area contributed by atoms with E-state index in [1.807, 2.05) is 29.8 Å². The van der Waals surface area contributed by atoms with Crippen molar-refractivity contribution in [1.82, 2.24) is 19.9 Å². The number of para-hydroxylation sites is 1. The van der Waals surface area contributed by atoms with Crippen molar-refractivity contribution in [3.63, 3.8) is 0 Å². The summed E-state index contributed by atoms with van der Waals surface area (Å²) < 4.78 is 7.09. The smallest absolute Gasteiger partial charge is 0.412 e. The van der Waals surface area contributed by atoms with E-state index in [9.17, 15) is 24.3 Å². The number of nitrogens with one attached hydrogen (secondary N) is 3. The molecule has 15 nitrogen and oxygen atoms in total. The number of carbonyl (C=O) groups is 4. The average molecular weight is 766 g/mol. The Morgan fingerprint density at radius 2 is 1.62 bits per heavy atom. The number of pyridine rings is 1. The van der Waals surface area contributed by atoms with Crippen LogP contribution in [0.4, 0.5) is 16.3 Å². The summed E-state index contributed by atoms with van der Waals surface area (Å²) in [6.45, 7) is 4.62. The monoisotopic (exact) mass is 765 g/mol. The van der Waals surface area contributed by atoms with E-state index in [1.54, 1.807) is 67.7 Å². The molecule has 1 atom stereocenters. The topological polar surface area (TPSA) is 220 Å². The first kappa shape index (κ1) is 42.0. The van der Waals surface area contributed by atoms with Crippen LogP contribution in [0.5, 0.6) is 5.75 Å². The SMILES string of the molecule is CCCCCCOC(=O)NC(=N)c1ccc(NCc2nc3cc(C(=O)N(CC(CC)C(=O)O)c4ccccn4)ccc3n2C)cc1.O=C(O)c1ccccc1O. The van der Waals surface area contributed by atoms with Crippen LogP contribution >= 0.6 is 0 Å². The van der Waals surface area contributed by atoms with Crippen LogP contribution in [-0.4, -0.2) is 72.8 Å². The number of amides is 2. The highest BCUT2D eigenvalue weighted by Crippen LogP contribution is 2.23. The lowest BCUT2D eigenvalue weighted by molar-refractivity contribution is -0.141. The van der Waals surface area contributed by atoms with E-state index in [0.717, 1.165) is 42.7 Å². The quantitative estimate of drug-likeness (QED) is 0.0339. The number of unbranched alkanes of at least 4 members (excludes halogenated alkanes) is 3. The summed E-state index contributed by atoms with van der Waals surface area (Å²) >= 11 is 0. The van der Waals surface area contributed by atoms with Gasteiger partial charge in [0.1, 0.15) is 28.8 Å². The molecule has 5 rings (SSSR count). The van der Waals surface area contributed by atoms with Crippen molar-refractivity contribution in [2.24, 2.45) is 13.0 Å². The Bertz CT molecular complexity index is 2120. The molecule has 6 N–H and O–H groups in total. The number of nitrogens with zero attached hydrogens (tertiary/aromatic N) is 4. The number of aryl methyl sites for hydroxylation is 1. The number of aromatic carboxylic acids is 1. The number of rotatable bonds is 16. The van der Waals surface area contributed by atoms with Gasteiger partial charge >= 0.3 is 18.0 Å². The number of anilines is 2. The minimum absolute atomic E-state index is 0.00532. The van der Waals surface area contributed by atoms with E-state index >= 15 is 0 Å².